The molecule has 1 heterocycles. The van der Waals surface area contributed by atoms with Gasteiger partial charge in [0.2, 0.25) is 0 Å². The van der Waals surface area contributed by atoms with Gasteiger partial charge in [-0.2, -0.15) is 0 Å². The van der Waals surface area contributed by atoms with E-state index in [0.29, 0.717) is 5.92 Å². The molecule has 2 N–H and O–H groups in total. The van der Waals surface area contributed by atoms with Crippen LogP contribution >= 0.6 is 15.9 Å². The molecule has 0 amide bonds. The van der Waals surface area contributed by atoms with E-state index in [4.69, 9.17) is 0 Å². The van der Waals surface area contributed by atoms with Crippen LogP contribution in [0, 0.1) is 11.8 Å². The third-order valence-electron chi connectivity index (χ3n) is 2.95. The van der Waals surface area contributed by atoms with Crippen molar-refractivity contribution in [2.24, 2.45) is 11.8 Å². The first-order valence-electron chi connectivity index (χ1n) is 5.92. The fourth-order valence-corrected chi connectivity index (χ4v) is 2.59. The topological polar surface area (TPSA) is 24.1 Å². The molecule has 0 spiro atoms. The second-order valence-electron chi connectivity index (χ2n) is 4.95. The van der Waals surface area contributed by atoms with Crippen molar-refractivity contribution in [2.75, 3.05) is 23.7 Å². The maximum atomic E-state index is 3.53. The van der Waals surface area contributed by atoms with Crippen molar-refractivity contribution in [3.8, 4) is 0 Å². The Morgan fingerprint density at radius 1 is 1.25 bits per heavy atom. The molecule has 0 aliphatic carbocycles. The summed E-state index contributed by atoms with van der Waals surface area (Å²) in [4.78, 5) is 0. The van der Waals surface area contributed by atoms with Gasteiger partial charge >= 0.3 is 0 Å². The monoisotopic (exact) mass is 282 g/mol. The SMILES string of the molecule is CC(C)CC1CNc2ccc(Br)cc2NC1. The van der Waals surface area contributed by atoms with Gasteiger partial charge in [0.05, 0.1) is 11.4 Å². The van der Waals surface area contributed by atoms with Crippen LogP contribution in [0.1, 0.15) is 20.3 Å². The minimum absolute atomic E-state index is 0.714. The summed E-state index contributed by atoms with van der Waals surface area (Å²) in [6.07, 6.45) is 1.27. The van der Waals surface area contributed by atoms with Crippen LogP contribution in [0.4, 0.5) is 11.4 Å². The van der Waals surface area contributed by atoms with Crippen molar-refractivity contribution in [1.82, 2.24) is 0 Å². The Morgan fingerprint density at radius 3 is 2.62 bits per heavy atom. The molecule has 3 heteroatoms. The van der Waals surface area contributed by atoms with Crippen LogP contribution in [0.5, 0.6) is 0 Å². The van der Waals surface area contributed by atoms with Crippen LogP contribution in [0.25, 0.3) is 0 Å². The summed E-state index contributed by atoms with van der Waals surface area (Å²) in [7, 11) is 0. The van der Waals surface area contributed by atoms with Crippen LogP contribution < -0.4 is 10.6 Å². The number of anilines is 2. The number of halogens is 1. The van der Waals surface area contributed by atoms with Crippen LogP contribution in [-0.4, -0.2) is 13.1 Å². The van der Waals surface area contributed by atoms with E-state index in [1.807, 2.05) is 0 Å². The number of hydrogen-bond donors (Lipinski definition) is 2. The number of fused-ring (bicyclic) bond motifs is 1. The van der Waals surface area contributed by atoms with Gasteiger partial charge in [-0.15, -0.1) is 0 Å². The Bertz CT molecular complexity index is 363. The molecule has 0 radical (unpaired) electrons. The van der Waals surface area contributed by atoms with Gasteiger partial charge < -0.3 is 10.6 Å². The van der Waals surface area contributed by atoms with E-state index in [1.54, 1.807) is 0 Å². The van der Waals surface area contributed by atoms with E-state index in [1.165, 1.54) is 17.8 Å². The predicted octanol–water partition coefficient (Wildman–Crippen LogP) is 3.95. The van der Waals surface area contributed by atoms with Crippen LogP contribution in [0.3, 0.4) is 0 Å². The zero-order chi connectivity index (χ0) is 11.5. The van der Waals surface area contributed by atoms with Gasteiger partial charge in [0.15, 0.2) is 0 Å². The lowest BCUT2D eigenvalue weighted by Crippen LogP contribution is -2.20. The summed E-state index contributed by atoms with van der Waals surface area (Å²) in [5.74, 6) is 1.48. The Hall–Kier alpha value is -0.700. The van der Waals surface area contributed by atoms with Crippen molar-refractivity contribution >= 4 is 27.3 Å². The summed E-state index contributed by atoms with van der Waals surface area (Å²) in [6, 6.07) is 6.35. The fraction of sp³-hybridized carbons (Fsp3) is 0.538. The molecule has 1 atom stereocenters. The highest BCUT2D eigenvalue weighted by atomic mass is 79.9. The minimum Gasteiger partial charge on any atom is -0.383 e. The molecule has 0 aromatic heterocycles. The lowest BCUT2D eigenvalue weighted by atomic mass is 9.97. The van der Waals surface area contributed by atoms with Gasteiger partial charge in [-0.05, 0) is 36.5 Å². The average molecular weight is 283 g/mol. The van der Waals surface area contributed by atoms with Gasteiger partial charge in [0, 0.05) is 17.6 Å². The smallest absolute Gasteiger partial charge is 0.0587 e. The zero-order valence-corrected chi connectivity index (χ0v) is 11.5. The largest absolute Gasteiger partial charge is 0.383 e. The third kappa shape index (κ3) is 2.91. The van der Waals surface area contributed by atoms with Crippen molar-refractivity contribution in [2.45, 2.75) is 20.3 Å². The van der Waals surface area contributed by atoms with E-state index in [0.717, 1.165) is 23.5 Å². The Labute approximate surface area is 106 Å². The molecule has 2 nitrogen and oxygen atoms in total. The number of nitrogens with one attached hydrogen (secondary N) is 2. The first-order valence-corrected chi connectivity index (χ1v) is 6.71. The van der Waals surface area contributed by atoms with E-state index >= 15 is 0 Å². The molecular weight excluding hydrogens is 264 g/mol. The Kier molecular flexibility index (Phi) is 3.74. The molecule has 1 unspecified atom stereocenters. The average Bonchev–Trinajstić information content (AvgIpc) is 2.40. The minimum atomic E-state index is 0.714. The maximum absolute atomic E-state index is 3.53. The molecule has 0 bridgehead atoms. The second-order valence-corrected chi connectivity index (χ2v) is 5.86. The highest BCUT2D eigenvalue weighted by Crippen LogP contribution is 2.29. The molecule has 1 aromatic carbocycles. The first-order chi connectivity index (χ1) is 7.65. The van der Waals surface area contributed by atoms with Crippen molar-refractivity contribution in [3.05, 3.63) is 22.7 Å². The van der Waals surface area contributed by atoms with Crippen molar-refractivity contribution in [3.63, 3.8) is 0 Å². The lowest BCUT2D eigenvalue weighted by Gasteiger charge is -2.16. The predicted molar refractivity (Wildman–Crippen MR) is 74.1 cm³/mol. The fourth-order valence-electron chi connectivity index (χ4n) is 2.23. The molecule has 0 saturated carbocycles. The van der Waals surface area contributed by atoms with E-state index in [2.05, 4.69) is 58.6 Å². The third-order valence-corrected chi connectivity index (χ3v) is 3.44. The summed E-state index contributed by atoms with van der Waals surface area (Å²) in [6.45, 7) is 6.71. The van der Waals surface area contributed by atoms with Gasteiger partial charge in [-0.3, -0.25) is 0 Å². The van der Waals surface area contributed by atoms with Gasteiger partial charge in [0.1, 0.15) is 0 Å². The van der Waals surface area contributed by atoms with Crippen molar-refractivity contribution in [1.29, 1.82) is 0 Å². The van der Waals surface area contributed by atoms with Crippen LogP contribution in [0.2, 0.25) is 0 Å². The maximum Gasteiger partial charge on any atom is 0.0587 e. The van der Waals surface area contributed by atoms with E-state index in [-0.39, 0.29) is 0 Å². The van der Waals surface area contributed by atoms with Crippen LogP contribution in [0.15, 0.2) is 22.7 Å². The van der Waals surface area contributed by atoms with E-state index in [9.17, 15) is 0 Å². The highest BCUT2D eigenvalue weighted by molar-refractivity contribution is 9.10. The van der Waals surface area contributed by atoms with Crippen LogP contribution in [-0.2, 0) is 0 Å². The molecular formula is C13H19BrN2. The van der Waals surface area contributed by atoms with Gasteiger partial charge in [0.25, 0.3) is 0 Å². The normalized spacial score (nSPS) is 19.6. The van der Waals surface area contributed by atoms with E-state index < -0.39 is 0 Å². The quantitative estimate of drug-likeness (QED) is 0.858. The summed E-state index contributed by atoms with van der Waals surface area (Å²) in [5.41, 5.74) is 2.43. The molecule has 0 fully saturated rings. The zero-order valence-electron chi connectivity index (χ0n) is 9.89. The molecule has 1 aliphatic rings. The number of benzene rings is 1. The van der Waals surface area contributed by atoms with Gasteiger partial charge in [-0.25, -0.2) is 0 Å². The highest BCUT2D eigenvalue weighted by Gasteiger charge is 2.16. The molecule has 0 saturated heterocycles. The Balaban J connectivity index is 2.07. The molecule has 1 aromatic rings. The molecule has 1 aliphatic heterocycles. The molecule has 16 heavy (non-hydrogen) atoms. The summed E-state index contributed by atoms with van der Waals surface area (Å²) < 4.78 is 1.13. The number of rotatable bonds is 2. The second kappa shape index (κ2) is 5.09. The lowest BCUT2D eigenvalue weighted by molar-refractivity contribution is 0.444. The standard InChI is InChI=1S/C13H19BrN2/c1-9(2)5-10-7-15-12-4-3-11(14)6-13(12)16-8-10/h3-4,6,9-10,15-16H,5,7-8H2,1-2H3. The van der Waals surface area contributed by atoms with Gasteiger partial charge in [-0.1, -0.05) is 29.8 Å². The first kappa shape index (κ1) is 11.8. The Morgan fingerprint density at radius 2 is 1.94 bits per heavy atom. The molecule has 2 rings (SSSR count). The van der Waals surface area contributed by atoms with Crippen molar-refractivity contribution < 1.29 is 0 Å². The summed E-state index contributed by atoms with van der Waals surface area (Å²) in [5, 5.41) is 7.05. The molecule has 88 valence electrons. The summed E-state index contributed by atoms with van der Waals surface area (Å²) >= 11 is 3.50. The number of hydrogen-bond acceptors (Lipinski definition) is 2.